The SMILES string of the molecule is CCOC(=O)[C@H](C)[C@@H](N)C(=O)OC. The molecule has 0 aliphatic carbocycles. The molecule has 0 aromatic carbocycles. The van der Waals surface area contributed by atoms with Gasteiger partial charge in [0.2, 0.25) is 0 Å². The third kappa shape index (κ3) is 3.42. The smallest absolute Gasteiger partial charge is 0.323 e. The van der Waals surface area contributed by atoms with Gasteiger partial charge in [-0.15, -0.1) is 0 Å². The van der Waals surface area contributed by atoms with Crippen molar-refractivity contribution in [3.8, 4) is 0 Å². The van der Waals surface area contributed by atoms with Gasteiger partial charge in [-0.05, 0) is 13.8 Å². The monoisotopic (exact) mass is 189 g/mol. The second kappa shape index (κ2) is 5.53. The Balaban J connectivity index is 4.16. The molecule has 0 saturated carbocycles. The van der Waals surface area contributed by atoms with E-state index < -0.39 is 23.9 Å². The van der Waals surface area contributed by atoms with E-state index in [2.05, 4.69) is 4.74 Å². The number of hydrogen-bond acceptors (Lipinski definition) is 5. The van der Waals surface area contributed by atoms with Crippen LogP contribution < -0.4 is 5.73 Å². The van der Waals surface area contributed by atoms with Crippen LogP contribution in [0.1, 0.15) is 13.8 Å². The van der Waals surface area contributed by atoms with E-state index in [0.29, 0.717) is 0 Å². The lowest BCUT2D eigenvalue weighted by Crippen LogP contribution is -2.41. The van der Waals surface area contributed by atoms with Crippen LogP contribution in [0.4, 0.5) is 0 Å². The molecular weight excluding hydrogens is 174 g/mol. The van der Waals surface area contributed by atoms with Gasteiger partial charge < -0.3 is 15.2 Å². The summed E-state index contributed by atoms with van der Waals surface area (Å²) in [5.74, 6) is -1.77. The Bertz CT molecular complexity index is 193. The highest BCUT2D eigenvalue weighted by Gasteiger charge is 2.28. The first-order valence-electron chi connectivity index (χ1n) is 4.04. The van der Waals surface area contributed by atoms with Gasteiger partial charge in [-0.2, -0.15) is 0 Å². The lowest BCUT2D eigenvalue weighted by molar-refractivity contribution is -0.154. The molecule has 0 aliphatic heterocycles. The standard InChI is InChI=1S/C8H15NO4/c1-4-13-7(10)5(2)6(9)8(11)12-3/h5-6H,4,9H2,1-3H3/t5-,6-/m1/s1. The Hall–Kier alpha value is -1.10. The van der Waals surface area contributed by atoms with E-state index in [1.165, 1.54) is 14.0 Å². The number of methoxy groups -OCH3 is 1. The van der Waals surface area contributed by atoms with Crippen LogP contribution in [0, 0.1) is 5.92 Å². The minimum absolute atomic E-state index is 0.275. The first-order valence-corrected chi connectivity index (χ1v) is 4.04. The summed E-state index contributed by atoms with van der Waals surface area (Å²) in [5.41, 5.74) is 5.43. The number of nitrogens with two attached hydrogens (primary N) is 1. The summed E-state index contributed by atoms with van der Waals surface area (Å²) in [7, 11) is 1.22. The zero-order valence-corrected chi connectivity index (χ0v) is 8.07. The van der Waals surface area contributed by atoms with Crippen LogP contribution in [0.5, 0.6) is 0 Å². The summed E-state index contributed by atoms with van der Waals surface area (Å²) in [5, 5.41) is 0. The van der Waals surface area contributed by atoms with E-state index in [0.717, 1.165) is 0 Å². The zero-order chi connectivity index (χ0) is 10.4. The van der Waals surface area contributed by atoms with Crippen LogP contribution in [0.3, 0.4) is 0 Å². The maximum absolute atomic E-state index is 11.1. The molecule has 2 N–H and O–H groups in total. The predicted octanol–water partition coefficient (Wildman–Crippen LogP) is -0.314. The van der Waals surface area contributed by atoms with Crippen molar-refractivity contribution in [3.05, 3.63) is 0 Å². The summed E-state index contributed by atoms with van der Waals surface area (Å²) < 4.78 is 9.08. The fraction of sp³-hybridized carbons (Fsp3) is 0.750. The van der Waals surface area contributed by atoms with Crippen LogP contribution in [0.15, 0.2) is 0 Å². The van der Waals surface area contributed by atoms with E-state index in [1.54, 1.807) is 6.92 Å². The number of hydrogen-bond donors (Lipinski definition) is 1. The number of carbonyl (C=O) groups excluding carboxylic acids is 2. The number of rotatable bonds is 4. The van der Waals surface area contributed by atoms with Gasteiger partial charge in [0.15, 0.2) is 0 Å². The van der Waals surface area contributed by atoms with E-state index in [4.69, 9.17) is 10.5 Å². The van der Waals surface area contributed by atoms with Crippen LogP contribution in [-0.2, 0) is 19.1 Å². The van der Waals surface area contributed by atoms with Crippen LogP contribution in [0.2, 0.25) is 0 Å². The van der Waals surface area contributed by atoms with Gasteiger partial charge in [0.25, 0.3) is 0 Å². The second-order valence-electron chi connectivity index (χ2n) is 2.59. The fourth-order valence-electron chi connectivity index (χ4n) is 0.761. The summed E-state index contributed by atoms with van der Waals surface area (Å²) in [6.45, 7) is 3.49. The van der Waals surface area contributed by atoms with Crippen molar-refractivity contribution in [1.29, 1.82) is 0 Å². The molecule has 0 rings (SSSR count). The molecule has 0 saturated heterocycles. The molecule has 5 heteroatoms. The molecule has 2 atom stereocenters. The molecule has 0 fully saturated rings. The first-order chi connectivity index (χ1) is 6.04. The lowest BCUT2D eigenvalue weighted by atomic mass is 10.0. The second-order valence-corrected chi connectivity index (χ2v) is 2.59. The highest BCUT2D eigenvalue weighted by atomic mass is 16.5. The number of esters is 2. The summed E-state index contributed by atoms with van der Waals surface area (Å²) >= 11 is 0. The van der Waals surface area contributed by atoms with Gasteiger partial charge in [0, 0.05) is 0 Å². The minimum atomic E-state index is -0.955. The molecule has 5 nitrogen and oxygen atoms in total. The van der Waals surface area contributed by atoms with Crippen molar-refractivity contribution >= 4 is 11.9 Å². The molecule has 0 radical (unpaired) electrons. The molecular formula is C8H15NO4. The molecule has 0 aromatic rings. The average Bonchev–Trinajstić information content (AvgIpc) is 2.14. The Morgan fingerprint density at radius 2 is 1.92 bits per heavy atom. The Morgan fingerprint density at radius 1 is 1.38 bits per heavy atom. The molecule has 13 heavy (non-hydrogen) atoms. The first kappa shape index (κ1) is 11.9. The molecule has 0 aliphatic rings. The van der Waals surface area contributed by atoms with Crippen LogP contribution in [0.25, 0.3) is 0 Å². The van der Waals surface area contributed by atoms with Crippen molar-refractivity contribution in [2.75, 3.05) is 13.7 Å². The third-order valence-corrected chi connectivity index (χ3v) is 1.67. The van der Waals surface area contributed by atoms with Crippen molar-refractivity contribution in [3.63, 3.8) is 0 Å². The van der Waals surface area contributed by atoms with Gasteiger partial charge in [0.05, 0.1) is 19.6 Å². The van der Waals surface area contributed by atoms with Crippen molar-refractivity contribution in [1.82, 2.24) is 0 Å². The average molecular weight is 189 g/mol. The summed E-state index contributed by atoms with van der Waals surface area (Å²) in [6, 6.07) is -0.955. The summed E-state index contributed by atoms with van der Waals surface area (Å²) in [4.78, 5) is 22.0. The molecule has 0 heterocycles. The molecule has 0 spiro atoms. The van der Waals surface area contributed by atoms with Crippen molar-refractivity contribution < 1.29 is 19.1 Å². The van der Waals surface area contributed by atoms with E-state index in [1.807, 2.05) is 0 Å². The number of carbonyl (C=O) groups is 2. The molecule has 0 aromatic heterocycles. The molecule has 76 valence electrons. The predicted molar refractivity (Wildman–Crippen MR) is 45.8 cm³/mol. The third-order valence-electron chi connectivity index (χ3n) is 1.67. The fourth-order valence-corrected chi connectivity index (χ4v) is 0.761. The Morgan fingerprint density at radius 3 is 2.31 bits per heavy atom. The molecule has 0 bridgehead atoms. The number of ether oxygens (including phenoxy) is 2. The summed E-state index contributed by atoms with van der Waals surface area (Å²) in [6.07, 6.45) is 0. The highest BCUT2D eigenvalue weighted by Crippen LogP contribution is 2.04. The van der Waals surface area contributed by atoms with Crippen LogP contribution in [-0.4, -0.2) is 31.7 Å². The molecule has 0 unspecified atom stereocenters. The maximum atomic E-state index is 11.1. The van der Waals surface area contributed by atoms with Crippen molar-refractivity contribution in [2.24, 2.45) is 11.7 Å². The van der Waals surface area contributed by atoms with Gasteiger partial charge in [-0.25, -0.2) is 0 Å². The van der Waals surface area contributed by atoms with Gasteiger partial charge in [-0.1, -0.05) is 0 Å². The lowest BCUT2D eigenvalue weighted by Gasteiger charge is -2.15. The zero-order valence-electron chi connectivity index (χ0n) is 8.07. The van der Waals surface area contributed by atoms with Gasteiger partial charge in [-0.3, -0.25) is 9.59 Å². The Kier molecular flexibility index (Phi) is 5.06. The largest absolute Gasteiger partial charge is 0.468 e. The van der Waals surface area contributed by atoms with E-state index >= 15 is 0 Å². The van der Waals surface area contributed by atoms with Gasteiger partial charge in [0.1, 0.15) is 6.04 Å². The van der Waals surface area contributed by atoms with Gasteiger partial charge >= 0.3 is 11.9 Å². The van der Waals surface area contributed by atoms with E-state index in [9.17, 15) is 9.59 Å². The highest BCUT2D eigenvalue weighted by molar-refractivity contribution is 5.84. The van der Waals surface area contributed by atoms with Crippen molar-refractivity contribution in [2.45, 2.75) is 19.9 Å². The molecule has 0 amide bonds. The minimum Gasteiger partial charge on any atom is -0.468 e. The maximum Gasteiger partial charge on any atom is 0.323 e. The quantitative estimate of drug-likeness (QED) is 0.613. The van der Waals surface area contributed by atoms with Crippen LogP contribution >= 0.6 is 0 Å². The Labute approximate surface area is 77.2 Å². The van der Waals surface area contributed by atoms with E-state index in [-0.39, 0.29) is 6.61 Å². The normalized spacial score (nSPS) is 14.5. The topological polar surface area (TPSA) is 78.6 Å².